The molecule has 0 aromatic carbocycles. The Balaban J connectivity index is 2.50. The number of carbonyl (C=O) groups is 1. The maximum Gasteiger partial charge on any atom is 0.240 e. The first-order valence-electron chi connectivity index (χ1n) is 6.29. The Hall–Kier alpha value is -0.690. The molecule has 0 spiro atoms. The first-order valence-corrected chi connectivity index (χ1v) is 6.29. The molecule has 1 fully saturated rings. The molecule has 18 heavy (non-hydrogen) atoms. The molecule has 106 valence electrons. The van der Waals surface area contributed by atoms with Gasteiger partial charge in [-0.3, -0.25) is 10.2 Å². The number of aliphatic hydroxyl groups is 1. The second-order valence-corrected chi connectivity index (χ2v) is 5.87. The first kappa shape index (κ1) is 15.4. The SMILES string of the molecule is CN(CC1(O)CCOCC1)CC(C)(C)C(=O)NN. The minimum atomic E-state index is -0.706. The molecule has 0 saturated carbocycles. The summed E-state index contributed by atoms with van der Waals surface area (Å²) < 4.78 is 5.24. The van der Waals surface area contributed by atoms with Crippen LogP contribution in [0.1, 0.15) is 26.7 Å². The molecule has 1 rings (SSSR count). The number of hydrogen-bond donors (Lipinski definition) is 3. The number of nitrogens with one attached hydrogen (secondary N) is 1. The predicted molar refractivity (Wildman–Crippen MR) is 68.6 cm³/mol. The van der Waals surface area contributed by atoms with Crippen LogP contribution in [-0.4, -0.2) is 54.9 Å². The van der Waals surface area contributed by atoms with Crippen LogP contribution in [0.5, 0.6) is 0 Å². The lowest BCUT2D eigenvalue weighted by Gasteiger charge is -2.37. The zero-order valence-corrected chi connectivity index (χ0v) is 11.5. The zero-order chi connectivity index (χ0) is 13.8. The average Bonchev–Trinajstić information content (AvgIpc) is 2.27. The summed E-state index contributed by atoms with van der Waals surface area (Å²) in [5, 5.41) is 10.4. The van der Waals surface area contributed by atoms with E-state index in [1.54, 1.807) is 0 Å². The van der Waals surface area contributed by atoms with E-state index in [-0.39, 0.29) is 5.91 Å². The van der Waals surface area contributed by atoms with E-state index in [2.05, 4.69) is 5.43 Å². The quantitative estimate of drug-likeness (QED) is 0.351. The van der Waals surface area contributed by atoms with Crippen LogP contribution in [0.2, 0.25) is 0 Å². The van der Waals surface area contributed by atoms with Crippen molar-refractivity contribution in [1.82, 2.24) is 10.3 Å². The fourth-order valence-electron chi connectivity index (χ4n) is 2.41. The molecule has 6 nitrogen and oxygen atoms in total. The molecule has 0 aromatic rings. The minimum Gasteiger partial charge on any atom is -0.388 e. The third kappa shape index (κ3) is 4.20. The second kappa shape index (κ2) is 5.97. The van der Waals surface area contributed by atoms with E-state index in [0.717, 1.165) is 0 Å². The number of likely N-dealkylation sites (N-methyl/N-ethyl adjacent to an activating group) is 1. The van der Waals surface area contributed by atoms with Gasteiger partial charge in [-0.15, -0.1) is 0 Å². The summed E-state index contributed by atoms with van der Waals surface area (Å²) in [6.45, 7) is 5.93. The lowest BCUT2D eigenvalue weighted by atomic mass is 9.89. The molecule has 1 aliphatic heterocycles. The molecule has 1 amide bonds. The molecular formula is C12H25N3O3. The summed E-state index contributed by atoms with van der Waals surface area (Å²) >= 11 is 0. The van der Waals surface area contributed by atoms with Crippen LogP contribution in [-0.2, 0) is 9.53 Å². The highest BCUT2D eigenvalue weighted by Crippen LogP contribution is 2.23. The summed E-state index contributed by atoms with van der Waals surface area (Å²) in [6, 6.07) is 0. The standard InChI is InChI=1S/C12H25N3O3/c1-11(2,10(16)14-13)8-15(3)9-12(17)4-6-18-7-5-12/h17H,4-9,13H2,1-3H3,(H,14,16). The normalized spacial score (nSPS) is 19.9. The van der Waals surface area contributed by atoms with Gasteiger partial charge in [-0.05, 0) is 20.9 Å². The fourth-order valence-corrected chi connectivity index (χ4v) is 2.41. The highest BCUT2D eigenvalue weighted by molar-refractivity contribution is 5.81. The highest BCUT2D eigenvalue weighted by Gasteiger charge is 2.34. The molecule has 0 radical (unpaired) electrons. The van der Waals surface area contributed by atoms with E-state index in [1.165, 1.54) is 0 Å². The Kier molecular flexibility index (Phi) is 5.10. The van der Waals surface area contributed by atoms with Gasteiger partial charge >= 0.3 is 0 Å². The minimum absolute atomic E-state index is 0.201. The molecular weight excluding hydrogens is 234 g/mol. The number of amides is 1. The molecule has 0 aliphatic carbocycles. The Morgan fingerprint density at radius 1 is 1.50 bits per heavy atom. The van der Waals surface area contributed by atoms with Gasteiger partial charge in [0.15, 0.2) is 0 Å². The van der Waals surface area contributed by atoms with Crippen molar-refractivity contribution in [2.75, 3.05) is 33.4 Å². The maximum atomic E-state index is 11.6. The third-order valence-corrected chi connectivity index (χ3v) is 3.40. The number of hydrogen-bond acceptors (Lipinski definition) is 5. The van der Waals surface area contributed by atoms with E-state index < -0.39 is 11.0 Å². The van der Waals surface area contributed by atoms with Gasteiger partial charge in [-0.2, -0.15) is 0 Å². The van der Waals surface area contributed by atoms with Crippen molar-refractivity contribution in [3.63, 3.8) is 0 Å². The molecule has 1 saturated heterocycles. The molecule has 1 heterocycles. The lowest BCUT2D eigenvalue weighted by Crippen LogP contribution is -2.51. The topological polar surface area (TPSA) is 87.8 Å². The summed E-state index contributed by atoms with van der Waals surface area (Å²) in [7, 11) is 1.90. The smallest absolute Gasteiger partial charge is 0.240 e. The molecule has 0 aromatic heterocycles. The Bertz CT molecular complexity index is 288. The second-order valence-electron chi connectivity index (χ2n) is 5.87. The van der Waals surface area contributed by atoms with E-state index >= 15 is 0 Å². The van der Waals surface area contributed by atoms with Crippen molar-refractivity contribution in [2.45, 2.75) is 32.3 Å². The molecule has 1 aliphatic rings. The average molecular weight is 259 g/mol. The van der Waals surface area contributed by atoms with Crippen LogP contribution in [0.3, 0.4) is 0 Å². The number of rotatable bonds is 5. The van der Waals surface area contributed by atoms with Crippen molar-refractivity contribution >= 4 is 5.91 Å². The maximum absolute atomic E-state index is 11.6. The van der Waals surface area contributed by atoms with E-state index in [9.17, 15) is 9.90 Å². The van der Waals surface area contributed by atoms with Gasteiger partial charge < -0.3 is 14.7 Å². The third-order valence-electron chi connectivity index (χ3n) is 3.40. The van der Waals surface area contributed by atoms with Crippen molar-refractivity contribution < 1.29 is 14.6 Å². The summed E-state index contributed by atoms with van der Waals surface area (Å²) in [4.78, 5) is 13.6. The molecule has 0 atom stereocenters. The summed E-state index contributed by atoms with van der Waals surface area (Å²) in [5.41, 5.74) is 0.891. The van der Waals surface area contributed by atoms with Crippen molar-refractivity contribution in [3.8, 4) is 0 Å². The number of ether oxygens (including phenoxy) is 1. The molecule has 0 bridgehead atoms. The largest absolute Gasteiger partial charge is 0.388 e. The van der Waals surface area contributed by atoms with Crippen molar-refractivity contribution in [1.29, 1.82) is 0 Å². The fraction of sp³-hybridized carbons (Fsp3) is 0.917. The van der Waals surface area contributed by atoms with Gasteiger partial charge in [-0.1, -0.05) is 0 Å². The molecule has 0 unspecified atom stereocenters. The van der Waals surface area contributed by atoms with E-state index in [0.29, 0.717) is 39.1 Å². The molecule has 6 heteroatoms. The zero-order valence-electron chi connectivity index (χ0n) is 11.5. The summed E-state index contributed by atoms with van der Waals surface area (Å²) in [5.74, 6) is 4.96. The Morgan fingerprint density at radius 3 is 2.56 bits per heavy atom. The number of hydrazine groups is 1. The summed E-state index contributed by atoms with van der Waals surface area (Å²) in [6.07, 6.45) is 1.28. The van der Waals surface area contributed by atoms with Crippen LogP contribution in [0.15, 0.2) is 0 Å². The van der Waals surface area contributed by atoms with Crippen LogP contribution in [0.4, 0.5) is 0 Å². The Labute approximate surface area is 108 Å². The molecule has 4 N–H and O–H groups in total. The number of nitrogens with zero attached hydrogens (tertiary/aromatic N) is 1. The van der Waals surface area contributed by atoms with Crippen LogP contribution in [0.25, 0.3) is 0 Å². The van der Waals surface area contributed by atoms with Crippen molar-refractivity contribution in [3.05, 3.63) is 0 Å². The van der Waals surface area contributed by atoms with E-state index in [1.807, 2.05) is 25.8 Å². The van der Waals surface area contributed by atoms with Crippen LogP contribution in [0, 0.1) is 5.41 Å². The van der Waals surface area contributed by atoms with Crippen LogP contribution >= 0.6 is 0 Å². The van der Waals surface area contributed by atoms with Gasteiger partial charge in [0.25, 0.3) is 0 Å². The van der Waals surface area contributed by atoms with Gasteiger partial charge in [0.1, 0.15) is 0 Å². The van der Waals surface area contributed by atoms with Gasteiger partial charge in [0.05, 0.1) is 11.0 Å². The van der Waals surface area contributed by atoms with Gasteiger partial charge in [0.2, 0.25) is 5.91 Å². The highest BCUT2D eigenvalue weighted by atomic mass is 16.5. The number of nitrogens with two attached hydrogens (primary N) is 1. The van der Waals surface area contributed by atoms with Crippen molar-refractivity contribution in [2.24, 2.45) is 11.3 Å². The van der Waals surface area contributed by atoms with E-state index in [4.69, 9.17) is 10.6 Å². The number of carbonyl (C=O) groups excluding carboxylic acids is 1. The van der Waals surface area contributed by atoms with Gasteiger partial charge in [0, 0.05) is 39.1 Å². The predicted octanol–water partition coefficient (Wildman–Crippen LogP) is -0.524. The first-order chi connectivity index (χ1) is 8.29. The Morgan fingerprint density at radius 2 is 2.06 bits per heavy atom. The lowest BCUT2D eigenvalue weighted by molar-refractivity contribution is -0.131. The van der Waals surface area contributed by atoms with Gasteiger partial charge in [-0.25, -0.2) is 5.84 Å². The van der Waals surface area contributed by atoms with Crippen LogP contribution < -0.4 is 11.3 Å². The monoisotopic (exact) mass is 259 g/mol.